The summed E-state index contributed by atoms with van der Waals surface area (Å²) < 4.78 is 23.0. The van der Waals surface area contributed by atoms with Crippen LogP contribution in [0.3, 0.4) is 0 Å². The molecule has 19 heavy (non-hydrogen) atoms. The predicted molar refractivity (Wildman–Crippen MR) is 64.4 cm³/mol. The molecule has 0 saturated carbocycles. The number of esters is 1. The molecule has 0 aromatic heterocycles. The van der Waals surface area contributed by atoms with E-state index in [0.717, 1.165) is 18.2 Å². The van der Waals surface area contributed by atoms with E-state index >= 15 is 0 Å². The van der Waals surface area contributed by atoms with Crippen LogP contribution in [0.1, 0.15) is 20.3 Å². The van der Waals surface area contributed by atoms with Crippen molar-refractivity contribution in [1.82, 2.24) is 0 Å². The van der Waals surface area contributed by atoms with Gasteiger partial charge in [0.2, 0.25) is 0 Å². The molecular weight excluding hydrogens is 257 g/mol. The van der Waals surface area contributed by atoms with Crippen LogP contribution in [0.2, 0.25) is 0 Å². The number of nitrogens with zero attached hydrogens (tertiary/aromatic N) is 1. The minimum Gasteiger partial charge on any atom is -0.472 e. The van der Waals surface area contributed by atoms with Crippen LogP contribution in [0.15, 0.2) is 18.2 Å². The van der Waals surface area contributed by atoms with Crippen LogP contribution < -0.4 is 4.74 Å². The maximum atomic E-state index is 13.0. The molecule has 0 fully saturated rings. The third kappa shape index (κ3) is 3.90. The lowest BCUT2D eigenvalue weighted by Gasteiger charge is -2.15. The number of nitro benzene ring substituents is 1. The molecule has 0 aliphatic rings. The molecule has 0 radical (unpaired) electrons. The maximum absolute atomic E-state index is 13.0. The van der Waals surface area contributed by atoms with E-state index in [-0.39, 0.29) is 18.8 Å². The van der Waals surface area contributed by atoms with Crippen molar-refractivity contribution in [3.8, 4) is 5.75 Å². The topological polar surface area (TPSA) is 78.7 Å². The summed E-state index contributed by atoms with van der Waals surface area (Å²) in [7, 11) is 0. The summed E-state index contributed by atoms with van der Waals surface area (Å²) in [4.78, 5) is 21.6. The van der Waals surface area contributed by atoms with Gasteiger partial charge in [-0.15, -0.1) is 0 Å². The maximum Gasteiger partial charge on any atom is 0.347 e. The highest BCUT2D eigenvalue weighted by Gasteiger charge is 2.24. The standard InChI is InChI=1S/C12H14FNO5/c1-3-10(12(15)18-4-2)19-11-6-5-8(13)7-9(11)14(16)17/h5-7,10H,3-4H2,1-2H3. The van der Waals surface area contributed by atoms with Gasteiger partial charge in [-0.05, 0) is 25.5 Å². The van der Waals surface area contributed by atoms with Gasteiger partial charge in [0.05, 0.1) is 17.6 Å². The zero-order valence-corrected chi connectivity index (χ0v) is 10.6. The van der Waals surface area contributed by atoms with Gasteiger partial charge in [-0.1, -0.05) is 6.92 Å². The second-order valence-electron chi connectivity index (χ2n) is 3.64. The molecule has 0 aliphatic heterocycles. The Labute approximate surface area is 109 Å². The molecule has 1 aromatic carbocycles. The average molecular weight is 271 g/mol. The monoisotopic (exact) mass is 271 g/mol. The molecule has 1 aromatic rings. The van der Waals surface area contributed by atoms with Gasteiger partial charge in [-0.2, -0.15) is 0 Å². The van der Waals surface area contributed by atoms with Gasteiger partial charge >= 0.3 is 11.7 Å². The Morgan fingerprint density at radius 1 is 1.47 bits per heavy atom. The van der Waals surface area contributed by atoms with Crippen LogP contribution in [0.5, 0.6) is 5.75 Å². The van der Waals surface area contributed by atoms with Crippen LogP contribution in [0.4, 0.5) is 10.1 Å². The van der Waals surface area contributed by atoms with Gasteiger partial charge in [-0.3, -0.25) is 10.1 Å². The van der Waals surface area contributed by atoms with Crippen molar-refractivity contribution in [2.24, 2.45) is 0 Å². The van der Waals surface area contributed by atoms with Gasteiger partial charge in [0.25, 0.3) is 0 Å². The molecule has 0 bridgehead atoms. The first-order valence-corrected chi connectivity index (χ1v) is 5.76. The van der Waals surface area contributed by atoms with Crippen molar-refractivity contribution in [2.45, 2.75) is 26.4 Å². The lowest BCUT2D eigenvalue weighted by molar-refractivity contribution is -0.386. The number of nitro groups is 1. The number of carbonyl (C=O) groups excluding carboxylic acids is 1. The van der Waals surface area contributed by atoms with Gasteiger partial charge in [0, 0.05) is 0 Å². The van der Waals surface area contributed by atoms with E-state index in [1.165, 1.54) is 0 Å². The number of carbonyl (C=O) groups is 1. The number of ether oxygens (including phenoxy) is 2. The van der Waals surface area contributed by atoms with E-state index < -0.39 is 28.5 Å². The highest BCUT2D eigenvalue weighted by molar-refractivity contribution is 5.75. The van der Waals surface area contributed by atoms with E-state index in [0.29, 0.717) is 0 Å². The SMILES string of the molecule is CCOC(=O)C(CC)Oc1ccc(F)cc1[N+](=O)[O-]. The summed E-state index contributed by atoms with van der Waals surface area (Å²) in [6, 6.07) is 2.89. The number of rotatable bonds is 6. The number of hydrogen-bond donors (Lipinski definition) is 0. The fourth-order valence-electron chi connectivity index (χ4n) is 1.42. The summed E-state index contributed by atoms with van der Waals surface area (Å²) in [5.74, 6) is -1.52. The molecule has 0 saturated heterocycles. The Hall–Kier alpha value is -2.18. The van der Waals surface area contributed by atoms with Crippen molar-refractivity contribution in [3.63, 3.8) is 0 Å². The summed E-state index contributed by atoms with van der Waals surface area (Å²) in [6.45, 7) is 3.51. The summed E-state index contributed by atoms with van der Waals surface area (Å²) in [5.41, 5.74) is -0.525. The highest BCUT2D eigenvalue weighted by Crippen LogP contribution is 2.28. The van der Waals surface area contributed by atoms with Crippen LogP contribution in [0.25, 0.3) is 0 Å². The molecular formula is C12H14FNO5. The zero-order valence-electron chi connectivity index (χ0n) is 10.6. The molecule has 1 rings (SSSR count). The van der Waals surface area contributed by atoms with Crippen LogP contribution in [-0.2, 0) is 9.53 Å². The minimum atomic E-state index is -0.955. The van der Waals surface area contributed by atoms with Crippen molar-refractivity contribution < 1.29 is 23.6 Å². The fourth-order valence-corrected chi connectivity index (χ4v) is 1.42. The van der Waals surface area contributed by atoms with Crippen molar-refractivity contribution >= 4 is 11.7 Å². The molecule has 0 heterocycles. The molecule has 104 valence electrons. The third-order valence-electron chi connectivity index (χ3n) is 2.31. The first-order valence-electron chi connectivity index (χ1n) is 5.76. The highest BCUT2D eigenvalue weighted by atomic mass is 19.1. The van der Waals surface area contributed by atoms with Crippen molar-refractivity contribution in [1.29, 1.82) is 0 Å². The molecule has 7 heteroatoms. The first-order chi connectivity index (χ1) is 8.99. The van der Waals surface area contributed by atoms with Gasteiger partial charge in [0.15, 0.2) is 11.9 Å². The summed E-state index contributed by atoms with van der Waals surface area (Å²) >= 11 is 0. The lowest BCUT2D eigenvalue weighted by Crippen LogP contribution is -2.28. The van der Waals surface area contributed by atoms with Crippen LogP contribution in [0, 0.1) is 15.9 Å². The largest absolute Gasteiger partial charge is 0.472 e. The van der Waals surface area contributed by atoms with E-state index in [9.17, 15) is 19.3 Å². The van der Waals surface area contributed by atoms with E-state index in [2.05, 4.69) is 0 Å². The Balaban J connectivity index is 2.97. The third-order valence-corrected chi connectivity index (χ3v) is 2.31. The molecule has 0 aliphatic carbocycles. The molecule has 1 unspecified atom stereocenters. The number of benzene rings is 1. The summed E-state index contributed by atoms with van der Waals surface area (Å²) in [5, 5.41) is 10.8. The molecule has 1 atom stereocenters. The quantitative estimate of drug-likeness (QED) is 0.451. The smallest absolute Gasteiger partial charge is 0.347 e. The average Bonchev–Trinajstić information content (AvgIpc) is 2.37. The minimum absolute atomic E-state index is 0.161. The second-order valence-corrected chi connectivity index (χ2v) is 3.64. The van der Waals surface area contributed by atoms with E-state index in [1.54, 1.807) is 13.8 Å². The Bertz CT molecular complexity index is 477. The predicted octanol–water partition coefficient (Wildman–Crippen LogP) is 2.45. The zero-order chi connectivity index (χ0) is 14.4. The molecule has 0 amide bonds. The Morgan fingerprint density at radius 2 is 2.16 bits per heavy atom. The fraction of sp³-hybridized carbons (Fsp3) is 0.417. The lowest BCUT2D eigenvalue weighted by atomic mass is 10.2. The number of halogens is 1. The Kier molecular flexibility index (Phi) is 5.23. The summed E-state index contributed by atoms with van der Waals surface area (Å²) in [6.07, 6.45) is -0.669. The first kappa shape index (κ1) is 14.9. The van der Waals surface area contributed by atoms with Crippen LogP contribution in [-0.4, -0.2) is 23.6 Å². The molecule has 0 spiro atoms. The van der Waals surface area contributed by atoms with E-state index in [4.69, 9.17) is 9.47 Å². The molecule has 0 N–H and O–H groups in total. The normalized spacial score (nSPS) is 11.7. The van der Waals surface area contributed by atoms with Crippen LogP contribution >= 0.6 is 0 Å². The van der Waals surface area contributed by atoms with Gasteiger partial charge in [0.1, 0.15) is 5.82 Å². The van der Waals surface area contributed by atoms with Gasteiger partial charge < -0.3 is 9.47 Å². The second kappa shape index (κ2) is 6.67. The van der Waals surface area contributed by atoms with Crippen molar-refractivity contribution in [2.75, 3.05) is 6.61 Å². The van der Waals surface area contributed by atoms with Crippen molar-refractivity contribution in [3.05, 3.63) is 34.1 Å². The van der Waals surface area contributed by atoms with E-state index in [1.807, 2.05) is 0 Å². The van der Waals surface area contributed by atoms with Gasteiger partial charge in [-0.25, -0.2) is 9.18 Å². The number of hydrogen-bond acceptors (Lipinski definition) is 5. The molecule has 6 nitrogen and oxygen atoms in total. The Morgan fingerprint density at radius 3 is 2.68 bits per heavy atom.